The Labute approximate surface area is 136 Å². The van der Waals surface area contributed by atoms with Crippen molar-refractivity contribution in [3.8, 4) is 17.2 Å². The summed E-state index contributed by atoms with van der Waals surface area (Å²) in [6.45, 7) is 1.86. The van der Waals surface area contributed by atoms with Gasteiger partial charge in [-0.05, 0) is 30.7 Å². The van der Waals surface area contributed by atoms with Crippen LogP contribution >= 0.6 is 11.6 Å². The van der Waals surface area contributed by atoms with Crippen molar-refractivity contribution in [3.63, 3.8) is 0 Å². The van der Waals surface area contributed by atoms with Gasteiger partial charge in [0.25, 0.3) is 0 Å². The van der Waals surface area contributed by atoms with Crippen molar-refractivity contribution in [1.29, 1.82) is 0 Å². The van der Waals surface area contributed by atoms with E-state index in [0.29, 0.717) is 16.3 Å². The largest absolute Gasteiger partial charge is 0.476 e. The van der Waals surface area contributed by atoms with Crippen LogP contribution in [0.5, 0.6) is 17.2 Å². The Kier molecular flexibility index (Phi) is 3.98. The van der Waals surface area contributed by atoms with E-state index in [4.69, 9.17) is 21.1 Å². The molecular formula is C17H12ClF3O2. The molecule has 2 nitrogen and oxygen atoms in total. The minimum atomic E-state index is -4.47. The molecule has 0 radical (unpaired) electrons. The fourth-order valence-corrected chi connectivity index (χ4v) is 2.40. The number of benzene rings is 2. The van der Waals surface area contributed by atoms with E-state index in [1.165, 1.54) is 18.2 Å². The summed E-state index contributed by atoms with van der Waals surface area (Å²) in [6, 6.07) is 10.2. The van der Waals surface area contributed by atoms with Crippen LogP contribution in [-0.4, -0.2) is 12.3 Å². The van der Waals surface area contributed by atoms with Gasteiger partial charge in [0.15, 0.2) is 0 Å². The van der Waals surface area contributed by atoms with Gasteiger partial charge in [0.05, 0.1) is 5.02 Å². The first-order valence-electron chi connectivity index (χ1n) is 6.83. The predicted molar refractivity (Wildman–Crippen MR) is 82.2 cm³/mol. The lowest BCUT2D eigenvalue weighted by molar-refractivity contribution is -0.180. The first-order chi connectivity index (χ1) is 10.8. The lowest BCUT2D eigenvalue weighted by atomic mass is 10.1. The smallest absolute Gasteiger partial charge is 0.429 e. The lowest BCUT2D eigenvalue weighted by Gasteiger charge is -2.24. The zero-order valence-corrected chi connectivity index (χ0v) is 12.8. The second-order valence-electron chi connectivity index (χ2n) is 5.13. The number of para-hydroxylation sites is 1. The molecule has 0 saturated carbocycles. The van der Waals surface area contributed by atoms with Crippen LogP contribution in [0, 0.1) is 6.92 Å². The first kappa shape index (κ1) is 15.7. The molecule has 1 atom stereocenters. The second-order valence-corrected chi connectivity index (χ2v) is 5.53. The van der Waals surface area contributed by atoms with E-state index in [1.54, 1.807) is 12.1 Å². The van der Waals surface area contributed by atoms with E-state index in [-0.39, 0.29) is 11.5 Å². The number of fused-ring (bicyclic) bond motifs is 1. The van der Waals surface area contributed by atoms with Crippen molar-refractivity contribution in [3.05, 3.63) is 58.6 Å². The minimum Gasteiger partial charge on any atom is -0.476 e. The van der Waals surface area contributed by atoms with Gasteiger partial charge in [-0.25, -0.2) is 0 Å². The Morgan fingerprint density at radius 2 is 1.87 bits per heavy atom. The van der Waals surface area contributed by atoms with Crippen LogP contribution < -0.4 is 9.47 Å². The van der Waals surface area contributed by atoms with Crippen LogP contribution in [0.2, 0.25) is 5.02 Å². The van der Waals surface area contributed by atoms with Gasteiger partial charge in [-0.2, -0.15) is 13.2 Å². The van der Waals surface area contributed by atoms with Crippen LogP contribution in [0.3, 0.4) is 0 Å². The molecule has 0 fully saturated rings. The number of aryl methyl sites for hydroxylation is 1. The highest BCUT2D eigenvalue weighted by Crippen LogP contribution is 2.40. The monoisotopic (exact) mass is 340 g/mol. The molecule has 6 heteroatoms. The molecule has 23 heavy (non-hydrogen) atoms. The van der Waals surface area contributed by atoms with Gasteiger partial charge in [0.1, 0.15) is 17.2 Å². The van der Waals surface area contributed by atoms with Gasteiger partial charge in [-0.15, -0.1) is 0 Å². The average Bonchev–Trinajstić information content (AvgIpc) is 2.49. The highest BCUT2D eigenvalue weighted by Gasteiger charge is 2.41. The van der Waals surface area contributed by atoms with Crippen molar-refractivity contribution >= 4 is 17.7 Å². The van der Waals surface area contributed by atoms with Crippen molar-refractivity contribution in [1.82, 2.24) is 0 Å². The molecule has 0 saturated heterocycles. The summed E-state index contributed by atoms with van der Waals surface area (Å²) in [5.74, 6) is 0.909. The topological polar surface area (TPSA) is 18.5 Å². The van der Waals surface area contributed by atoms with Crippen molar-refractivity contribution in [2.24, 2.45) is 0 Å². The Bertz CT molecular complexity index is 769. The number of hydrogen-bond acceptors (Lipinski definition) is 2. The normalized spacial score (nSPS) is 16.7. The molecule has 0 unspecified atom stereocenters. The summed E-state index contributed by atoms with van der Waals surface area (Å²) >= 11 is 6.15. The molecule has 1 heterocycles. The molecule has 0 aromatic heterocycles. The average molecular weight is 341 g/mol. The second kappa shape index (κ2) is 5.81. The summed E-state index contributed by atoms with van der Waals surface area (Å²) in [6.07, 6.45) is -4.13. The van der Waals surface area contributed by atoms with E-state index in [9.17, 15) is 13.2 Å². The Hall–Kier alpha value is -2.14. The van der Waals surface area contributed by atoms with E-state index >= 15 is 0 Å². The number of ether oxygens (including phenoxy) is 2. The highest BCUT2D eigenvalue weighted by atomic mass is 35.5. The summed E-state index contributed by atoms with van der Waals surface area (Å²) < 4.78 is 49.1. The SMILES string of the molecule is Cc1ccccc1Oc1cc2c(cc1Cl)C=C[C@@H](C(F)(F)F)O2. The molecule has 3 rings (SSSR count). The summed E-state index contributed by atoms with van der Waals surface area (Å²) in [5.41, 5.74) is 1.36. The number of halogens is 4. The molecule has 120 valence electrons. The highest BCUT2D eigenvalue weighted by molar-refractivity contribution is 6.32. The third kappa shape index (κ3) is 3.29. The first-order valence-corrected chi connectivity index (χ1v) is 7.21. The van der Waals surface area contributed by atoms with Crippen LogP contribution in [0.25, 0.3) is 6.08 Å². The molecule has 0 N–H and O–H groups in total. The molecule has 0 amide bonds. The van der Waals surface area contributed by atoms with Gasteiger partial charge in [0, 0.05) is 11.6 Å². The maximum absolute atomic E-state index is 12.8. The molecule has 0 bridgehead atoms. The molecule has 2 aromatic rings. The van der Waals surface area contributed by atoms with Gasteiger partial charge in [-0.1, -0.05) is 35.9 Å². The fourth-order valence-electron chi connectivity index (χ4n) is 2.19. The van der Waals surface area contributed by atoms with Crippen molar-refractivity contribution in [2.75, 3.05) is 0 Å². The van der Waals surface area contributed by atoms with Crippen LogP contribution in [0.1, 0.15) is 11.1 Å². The molecule has 2 aromatic carbocycles. The Morgan fingerprint density at radius 1 is 1.13 bits per heavy atom. The van der Waals surface area contributed by atoms with Gasteiger partial charge in [0.2, 0.25) is 6.10 Å². The molecule has 0 aliphatic carbocycles. The minimum absolute atomic E-state index is 0.0859. The van der Waals surface area contributed by atoms with E-state index in [1.807, 2.05) is 19.1 Å². The van der Waals surface area contributed by atoms with E-state index in [0.717, 1.165) is 11.6 Å². The fraction of sp³-hybridized carbons (Fsp3) is 0.176. The quantitative estimate of drug-likeness (QED) is 0.690. The predicted octanol–water partition coefficient (Wildman–Crippen LogP) is 5.78. The number of hydrogen-bond donors (Lipinski definition) is 0. The number of alkyl halides is 3. The lowest BCUT2D eigenvalue weighted by Crippen LogP contribution is -2.33. The zero-order chi connectivity index (χ0) is 16.6. The molecular weight excluding hydrogens is 329 g/mol. The summed E-state index contributed by atoms with van der Waals surface area (Å²) in [7, 11) is 0. The summed E-state index contributed by atoms with van der Waals surface area (Å²) in [4.78, 5) is 0. The maximum atomic E-state index is 12.8. The maximum Gasteiger partial charge on any atom is 0.429 e. The van der Waals surface area contributed by atoms with E-state index < -0.39 is 12.3 Å². The van der Waals surface area contributed by atoms with Crippen molar-refractivity contribution in [2.45, 2.75) is 19.2 Å². The van der Waals surface area contributed by atoms with Crippen molar-refractivity contribution < 1.29 is 22.6 Å². The Balaban J connectivity index is 1.93. The van der Waals surface area contributed by atoms with Gasteiger partial charge < -0.3 is 9.47 Å². The van der Waals surface area contributed by atoms with Gasteiger partial charge >= 0.3 is 6.18 Å². The zero-order valence-electron chi connectivity index (χ0n) is 12.0. The summed E-state index contributed by atoms with van der Waals surface area (Å²) in [5, 5.41) is 0.297. The third-order valence-corrected chi connectivity index (χ3v) is 3.70. The van der Waals surface area contributed by atoms with Crippen LogP contribution in [0.15, 0.2) is 42.5 Å². The Morgan fingerprint density at radius 3 is 2.57 bits per heavy atom. The molecule has 1 aliphatic heterocycles. The number of rotatable bonds is 2. The van der Waals surface area contributed by atoms with Crippen LogP contribution in [0.4, 0.5) is 13.2 Å². The standard InChI is InChI=1S/C17H12ClF3O2/c1-10-4-2-3-5-13(10)22-15-9-14-11(8-12(15)18)6-7-16(23-14)17(19,20)21/h2-9,16H,1H3/t16-/m0/s1. The van der Waals surface area contributed by atoms with E-state index in [2.05, 4.69) is 0 Å². The molecule has 0 spiro atoms. The van der Waals surface area contributed by atoms with Gasteiger partial charge in [-0.3, -0.25) is 0 Å². The third-order valence-electron chi connectivity index (χ3n) is 3.40. The molecule has 1 aliphatic rings. The van der Waals surface area contributed by atoms with Crippen LogP contribution in [-0.2, 0) is 0 Å².